The molecule has 1 fully saturated rings. The number of amides is 1. The Kier molecular flexibility index (Phi) is 6.00. The number of ether oxygens (including phenoxy) is 1. The summed E-state index contributed by atoms with van der Waals surface area (Å²) in [6.07, 6.45) is -1.02. The molecular weight excluding hydrogens is 372 g/mol. The Hall–Kier alpha value is -3.16. The predicted octanol–water partition coefficient (Wildman–Crippen LogP) is 1.50. The Morgan fingerprint density at radius 3 is 2.21 bits per heavy atom. The monoisotopic (exact) mass is 398 g/mol. The van der Waals surface area contributed by atoms with E-state index in [1.807, 2.05) is 30.3 Å². The van der Waals surface area contributed by atoms with Gasteiger partial charge in [-0.15, -0.1) is 0 Å². The second-order valence-corrected chi connectivity index (χ2v) is 7.19. The van der Waals surface area contributed by atoms with Gasteiger partial charge in [0.2, 0.25) is 0 Å². The highest BCUT2D eigenvalue weighted by Gasteiger charge is 2.31. The summed E-state index contributed by atoms with van der Waals surface area (Å²) < 4.78 is 6.72. The van der Waals surface area contributed by atoms with Crippen molar-refractivity contribution in [3.05, 3.63) is 47.3 Å². The van der Waals surface area contributed by atoms with Crippen LogP contribution in [0.25, 0.3) is 0 Å². The fourth-order valence-corrected chi connectivity index (χ4v) is 3.55. The zero-order valence-electron chi connectivity index (χ0n) is 17.2. The molecule has 3 rings (SSSR count). The van der Waals surface area contributed by atoms with Crippen molar-refractivity contribution in [2.24, 2.45) is 7.05 Å². The van der Waals surface area contributed by atoms with Crippen LogP contribution in [0.2, 0.25) is 0 Å². The molecule has 154 valence electrons. The van der Waals surface area contributed by atoms with Crippen LogP contribution in [0.15, 0.2) is 30.3 Å². The third-order valence-corrected chi connectivity index (χ3v) is 5.27. The van der Waals surface area contributed by atoms with E-state index in [0.29, 0.717) is 37.6 Å². The number of piperazine rings is 1. The van der Waals surface area contributed by atoms with Crippen LogP contribution in [0.4, 0.5) is 5.69 Å². The highest BCUT2D eigenvalue weighted by atomic mass is 16.6. The number of Topliss-reactive ketones (excluding diaryl/α,β-unsaturated/α-hetero) is 1. The summed E-state index contributed by atoms with van der Waals surface area (Å²) in [7, 11) is 1.70. The van der Waals surface area contributed by atoms with Gasteiger partial charge < -0.3 is 14.5 Å². The summed E-state index contributed by atoms with van der Waals surface area (Å²) in [4.78, 5) is 41.3. The maximum atomic E-state index is 12.7. The molecule has 29 heavy (non-hydrogen) atoms. The van der Waals surface area contributed by atoms with Gasteiger partial charge in [0, 0.05) is 44.6 Å². The molecule has 0 bridgehead atoms. The molecule has 2 aromatic rings. The fraction of sp³-hybridized carbons (Fsp3) is 0.429. The van der Waals surface area contributed by atoms with Gasteiger partial charge >= 0.3 is 5.97 Å². The number of hydrogen-bond acceptors (Lipinski definition) is 6. The zero-order chi connectivity index (χ0) is 21.1. The number of para-hydroxylation sites is 1. The Morgan fingerprint density at radius 2 is 1.66 bits per heavy atom. The number of carbonyl (C=O) groups excluding carboxylic acids is 3. The van der Waals surface area contributed by atoms with E-state index in [1.165, 1.54) is 11.6 Å². The molecule has 1 atom stereocenters. The van der Waals surface area contributed by atoms with Crippen molar-refractivity contribution in [2.75, 3.05) is 31.1 Å². The smallest absolute Gasteiger partial charge is 0.380 e. The summed E-state index contributed by atoms with van der Waals surface area (Å²) in [6.45, 7) is 7.33. The van der Waals surface area contributed by atoms with Crippen molar-refractivity contribution in [1.82, 2.24) is 14.7 Å². The first kappa shape index (κ1) is 20.6. The van der Waals surface area contributed by atoms with E-state index in [9.17, 15) is 14.4 Å². The Balaban J connectivity index is 1.57. The molecule has 1 amide bonds. The van der Waals surface area contributed by atoms with Crippen molar-refractivity contribution >= 4 is 23.3 Å². The molecule has 8 nitrogen and oxygen atoms in total. The van der Waals surface area contributed by atoms with Crippen LogP contribution < -0.4 is 4.90 Å². The molecule has 0 N–H and O–H groups in total. The molecule has 1 saturated heterocycles. The summed E-state index contributed by atoms with van der Waals surface area (Å²) in [5.74, 6) is -2.10. The maximum absolute atomic E-state index is 12.7. The average molecular weight is 398 g/mol. The number of ketones is 1. The summed E-state index contributed by atoms with van der Waals surface area (Å²) >= 11 is 0. The number of carbonyl (C=O) groups is 3. The second kappa shape index (κ2) is 8.46. The summed E-state index contributed by atoms with van der Waals surface area (Å²) in [5, 5.41) is 4.14. The van der Waals surface area contributed by atoms with Gasteiger partial charge in [-0.1, -0.05) is 18.2 Å². The average Bonchev–Trinajstić information content (AvgIpc) is 2.99. The minimum Gasteiger partial charge on any atom is -0.447 e. The predicted molar refractivity (Wildman–Crippen MR) is 108 cm³/mol. The van der Waals surface area contributed by atoms with Crippen LogP contribution >= 0.6 is 0 Å². The SMILES string of the molecule is Cc1nn(C)c(C)c1C(=O)C(=O)OC(C)C(=O)N1CCN(c2ccccc2)CC1. The normalized spacial score (nSPS) is 15.2. The molecule has 1 aliphatic rings. The first-order valence-corrected chi connectivity index (χ1v) is 9.64. The Morgan fingerprint density at radius 1 is 1.03 bits per heavy atom. The van der Waals surface area contributed by atoms with Gasteiger partial charge in [-0.05, 0) is 32.9 Å². The minimum absolute atomic E-state index is 0.230. The van der Waals surface area contributed by atoms with E-state index in [-0.39, 0.29) is 11.5 Å². The highest BCUT2D eigenvalue weighted by Crippen LogP contribution is 2.17. The number of hydrogen-bond donors (Lipinski definition) is 0. The van der Waals surface area contributed by atoms with E-state index in [0.717, 1.165) is 5.69 Å². The van der Waals surface area contributed by atoms with E-state index in [2.05, 4.69) is 10.00 Å². The van der Waals surface area contributed by atoms with Crippen molar-refractivity contribution in [2.45, 2.75) is 26.9 Å². The second-order valence-electron chi connectivity index (χ2n) is 7.19. The fourth-order valence-electron chi connectivity index (χ4n) is 3.55. The van der Waals surface area contributed by atoms with Gasteiger partial charge in [-0.2, -0.15) is 5.10 Å². The molecule has 1 aromatic carbocycles. The van der Waals surface area contributed by atoms with Crippen molar-refractivity contribution in [1.29, 1.82) is 0 Å². The van der Waals surface area contributed by atoms with Gasteiger partial charge in [0.25, 0.3) is 11.7 Å². The van der Waals surface area contributed by atoms with Crippen LogP contribution in [-0.2, 0) is 21.4 Å². The van der Waals surface area contributed by atoms with Crippen LogP contribution in [-0.4, -0.2) is 64.6 Å². The molecule has 2 heterocycles. The number of aryl methyl sites for hydroxylation is 2. The van der Waals surface area contributed by atoms with Crippen LogP contribution in [0, 0.1) is 13.8 Å². The van der Waals surface area contributed by atoms with Crippen LogP contribution in [0.1, 0.15) is 28.7 Å². The molecule has 8 heteroatoms. The van der Waals surface area contributed by atoms with E-state index >= 15 is 0 Å². The molecule has 1 unspecified atom stereocenters. The first-order chi connectivity index (χ1) is 13.8. The number of nitrogens with zero attached hydrogens (tertiary/aromatic N) is 4. The minimum atomic E-state index is -1.03. The van der Waals surface area contributed by atoms with Gasteiger partial charge in [0.1, 0.15) is 0 Å². The first-order valence-electron chi connectivity index (χ1n) is 9.64. The lowest BCUT2D eigenvalue weighted by atomic mass is 10.1. The topological polar surface area (TPSA) is 84.7 Å². The third kappa shape index (κ3) is 4.31. The maximum Gasteiger partial charge on any atom is 0.380 e. The number of esters is 1. The number of aromatic nitrogens is 2. The van der Waals surface area contributed by atoms with Crippen LogP contribution in [0.3, 0.4) is 0 Å². The summed E-state index contributed by atoms with van der Waals surface area (Å²) in [5.41, 5.74) is 2.39. The van der Waals surface area contributed by atoms with Gasteiger partial charge in [0.05, 0.1) is 11.3 Å². The number of rotatable bonds is 5. The molecule has 1 aliphatic heterocycles. The summed E-state index contributed by atoms with van der Waals surface area (Å²) in [6, 6.07) is 10.0. The third-order valence-electron chi connectivity index (χ3n) is 5.27. The lowest BCUT2D eigenvalue weighted by molar-refractivity contribution is -0.155. The molecule has 0 radical (unpaired) electrons. The van der Waals surface area contributed by atoms with Crippen molar-refractivity contribution in [3.8, 4) is 0 Å². The number of benzene rings is 1. The van der Waals surface area contributed by atoms with Crippen molar-refractivity contribution < 1.29 is 19.1 Å². The zero-order valence-corrected chi connectivity index (χ0v) is 17.2. The molecule has 0 aliphatic carbocycles. The highest BCUT2D eigenvalue weighted by molar-refractivity contribution is 6.41. The standard InChI is InChI=1S/C21H26N4O4/c1-14-18(15(2)23(4)22-14)19(26)21(28)29-16(3)20(27)25-12-10-24(11-13-25)17-8-6-5-7-9-17/h5-9,16H,10-13H2,1-4H3. The quantitative estimate of drug-likeness (QED) is 0.431. The van der Waals surface area contributed by atoms with Crippen molar-refractivity contribution in [3.63, 3.8) is 0 Å². The molecular formula is C21H26N4O4. The van der Waals surface area contributed by atoms with Gasteiger partial charge in [-0.3, -0.25) is 14.3 Å². The Labute approximate surface area is 170 Å². The lowest BCUT2D eigenvalue weighted by Gasteiger charge is -2.36. The van der Waals surface area contributed by atoms with Crippen LogP contribution in [0.5, 0.6) is 0 Å². The molecule has 0 saturated carbocycles. The largest absolute Gasteiger partial charge is 0.447 e. The number of anilines is 1. The van der Waals surface area contributed by atoms with E-state index in [1.54, 1.807) is 25.8 Å². The lowest BCUT2D eigenvalue weighted by Crippen LogP contribution is -2.51. The van der Waals surface area contributed by atoms with E-state index in [4.69, 9.17) is 4.74 Å². The Bertz CT molecular complexity index is 914. The van der Waals surface area contributed by atoms with Gasteiger partial charge in [-0.25, -0.2) is 4.79 Å². The molecule has 0 spiro atoms. The van der Waals surface area contributed by atoms with E-state index < -0.39 is 17.9 Å². The molecule has 1 aromatic heterocycles. The van der Waals surface area contributed by atoms with Gasteiger partial charge in [0.15, 0.2) is 6.10 Å².